The molecule has 0 radical (unpaired) electrons. The summed E-state index contributed by atoms with van der Waals surface area (Å²) in [6.07, 6.45) is -4.53. The molecule has 2 aromatic rings. The number of benzene rings is 2. The van der Waals surface area contributed by atoms with Crippen LogP contribution in [0, 0.1) is 0 Å². The number of hydrogen-bond acceptors (Lipinski definition) is 3. The van der Waals surface area contributed by atoms with Gasteiger partial charge in [0.25, 0.3) is 0 Å². The largest absolute Gasteiger partial charge is 0.434 e. The molecule has 0 heterocycles. The third-order valence-electron chi connectivity index (χ3n) is 3.13. The van der Waals surface area contributed by atoms with Crippen molar-refractivity contribution < 1.29 is 26.7 Å². The number of nitrogens with zero attached hydrogens (tertiary/aromatic N) is 1. The summed E-state index contributed by atoms with van der Waals surface area (Å²) < 4.78 is 67.5. The molecule has 9 heteroatoms. The van der Waals surface area contributed by atoms with Gasteiger partial charge in [-0.25, -0.2) is 0 Å². The number of nitrogens with one attached hydrogen (secondary N) is 1. The highest BCUT2D eigenvalue weighted by atomic mass is 35.5. The van der Waals surface area contributed by atoms with E-state index in [1.807, 2.05) is 0 Å². The molecule has 0 bridgehead atoms. The Morgan fingerprint density at radius 1 is 1.16 bits per heavy atom. The first kappa shape index (κ1) is 19.0. The summed E-state index contributed by atoms with van der Waals surface area (Å²) in [6.45, 7) is -1.53. The Kier molecular flexibility index (Phi) is 5.84. The van der Waals surface area contributed by atoms with Crippen molar-refractivity contribution in [3.8, 4) is 5.75 Å². The van der Waals surface area contributed by atoms with E-state index in [9.17, 15) is 22.0 Å². The van der Waals surface area contributed by atoms with Gasteiger partial charge in [-0.2, -0.15) is 27.1 Å². The van der Waals surface area contributed by atoms with Crippen LogP contribution in [0.2, 0.25) is 5.02 Å². The van der Waals surface area contributed by atoms with E-state index in [-0.39, 0.29) is 27.7 Å². The fourth-order valence-corrected chi connectivity index (χ4v) is 2.12. The third kappa shape index (κ3) is 5.06. The van der Waals surface area contributed by atoms with Gasteiger partial charge in [0.15, 0.2) is 0 Å². The number of halogens is 6. The second-order valence-corrected chi connectivity index (χ2v) is 5.28. The normalized spacial score (nSPS) is 12.4. The monoisotopic (exact) mass is 378 g/mol. The van der Waals surface area contributed by atoms with Crippen LogP contribution in [-0.2, 0) is 6.18 Å². The molecule has 0 unspecified atom stereocenters. The summed E-state index contributed by atoms with van der Waals surface area (Å²) in [5.41, 5.74) is 1.94. The van der Waals surface area contributed by atoms with Gasteiger partial charge >= 0.3 is 12.8 Å². The fraction of sp³-hybridized carbons (Fsp3) is 0.188. The van der Waals surface area contributed by atoms with E-state index in [4.69, 9.17) is 11.6 Å². The van der Waals surface area contributed by atoms with Crippen LogP contribution < -0.4 is 10.2 Å². The molecule has 25 heavy (non-hydrogen) atoms. The third-order valence-corrected chi connectivity index (χ3v) is 3.46. The van der Waals surface area contributed by atoms with Crippen LogP contribution in [0.1, 0.15) is 18.1 Å². The first-order valence-corrected chi connectivity index (χ1v) is 7.27. The maximum Gasteiger partial charge on any atom is 0.416 e. The fourth-order valence-electron chi connectivity index (χ4n) is 1.96. The molecule has 0 aromatic heterocycles. The lowest BCUT2D eigenvalue weighted by Gasteiger charge is -2.12. The Balaban J connectivity index is 2.28. The number of anilines is 1. The van der Waals surface area contributed by atoms with Gasteiger partial charge in [0.05, 0.1) is 22.0 Å². The molecule has 0 aliphatic heterocycles. The Morgan fingerprint density at radius 2 is 1.84 bits per heavy atom. The smallest absolute Gasteiger partial charge is 0.416 e. The van der Waals surface area contributed by atoms with Gasteiger partial charge < -0.3 is 4.74 Å². The molecule has 0 atom stereocenters. The van der Waals surface area contributed by atoms with Crippen molar-refractivity contribution in [2.75, 3.05) is 5.43 Å². The van der Waals surface area contributed by atoms with E-state index in [2.05, 4.69) is 15.3 Å². The Labute approximate surface area is 145 Å². The molecule has 2 rings (SSSR count). The highest BCUT2D eigenvalue weighted by Gasteiger charge is 2.31. The minimum Gasteiger partial charge on any atom is -0.434 e. The zero-order valence-corrected chi connectivity index (χ0v) is 13.5. The topological polar surface area (TPSA) is 33.6 Å². The van der Waals surface area contributed by atoms with Crippen LogP contribution in [0.4, 0.5) is 27.6 Å². The molecule has 3 nitrogen and oxygen atoms in total. The van der Waals surface area contributed by atoms with Crippen molar-refractivity contribution in [2.45, 2.75) is 19.7 Å². The average Bonchev–Trinajstić information content (AvgIpc) is 2.52. The minimum absolute atomic E-state index is 0.0293. The van der Waals surface area contributed by atoms with Crippen molar-refractivity contribution >= 4 is 23.0 Å². The highest BCUT2D eigenvalue weighted by molar-refractivity contribution is 6.33. The molecule has 0 fully saturated rings. The molecular formula is C16H12ClF5N2O. The lowest BCUT2D eigenvalue weighted by atomic mass is 10.1. The summed E-state index contributed by atoms with van der Waals surface area (Å²) in [7, 11) is 0. The van der Waals surface area contributed by atoms with Crippen LogP contribution in [0.15, 0.2) is 47.6 Å². The summed E-state index contributed by atoms with van der Waals surface area (Å²) in [6, 6.07) is 8.65. The second kappa shape index (κ2) is 7.69. The summed E-state index contributed by atoms with van der Waals surface area (Å²) >= 11 is 5.85. The van der Waals surface area contributed by atoms with Crippen LogP contribution in [0.25, 0.3) is 0 Å². The summed E-state index contributed by atoms with van der Waals surface area (Å²) in [4.78, 5) is 0. The van der Waals surface area contributed by atoms with Gasteiger partial charge in [-0.3, -0.25) is 5.43 Å². The highest BCUT2D eigenvalue weighted by Crippen LogP contribution is 2.34. The van der Waals surface area contributed by atoms with Gasteiger partial charge in [0.2, 0.25) is 0 Å². The number of rotatable bonds is 5. The molecule has 2 aromatic carbocycles. The summed E-state index contributed by atoms with van der Waals surface area (Å²) in [5.74, 6) is -0.101. The van der Waals surface area contributed by atoms with E-state index in [1.165, 1.54) is 25.1 Å². The van der Waals surface area contributed by atoms with Gasteiger partial charge in [0.1, 0.15) is 5.75 Å². The summed E-state index contributed by atoms with van der Waals surface area (Å²) in [5, 5.41) is 3.94. The molecule has 0 amide bonds. The van der Waals surface area contributed by atoms with Gasteiger partial charge in [-0.05, 0) is 37.3 Å². The van der Waals surface area contributed by atoms with Crippen LogP contribution in [-0.4, -0.2) is 12.3 Å². The minimum atomic E-state index is -4.53. The van der Waals surface area contributed by atoms with E-state index in [0.29, 0.717) is 0 Å². The van der Waals surface area contributed by atoms with E-state index in [1.54, 1.807) is 6.07 Å². The molecule has 1 N–H and O–H groups in total. The maximum atomic E-state index is 12.7. The van der Waals surface area contributed by atoms with Crippen LogP contribution in [0.5, 0.6) is 5.75 Å². The molecule has 134 valence electrons. The van der Waals surface area contributed by atoms with Crippen molar-refractivity contribution in [3.05, 3.63) is 58.6 Å². The Morgan fingerprint density at radius 3 is 2.48 bits per heavy atom. The Bertz CT molecular complexity index is 777. The predicted octanol–water partition coefficient (Wildman–Crippen LogP) is 5.80. The number of hydrazone groups is 1. The van der Waals surface area contributed by atoms with Gasteiger partial charge in [-0.1, -0.05) is 23.7 Å². The van der Waals surface area contributed by atoms with Crippen LogP contribution >= 0.6 is 11.6 Å². The predicted molar refractivity (Wildman–Crippen MR) is 85.4 cm³/mol. The standard InChI is InChI=1S/C16H12ClF5N2O/c1-9(11-4-2-3-5-14(11)25-15(18)19)23-24-13-8-10(16(20,21)22)6-7-12(13)17/h2-8,15,24H,1H3/b23-9-. The average molecular weight is 379 g/mol. The SMILES string of the molecule is C/C(=N/Nc1cc(C(F)(F)F)ccc1Cl)c1ccccc1OC(F)F. The van der Waals surface area contributed by atoms with Crippen molar-refractivity contribution in [1.82, 2.24) is 0 Å². The van der Waals surface area contributed by atoms with Crippen molar-refractivity contribution in [3.63, 3.8) is 0 Å². The van der Waals surface area contributed by atoms with E-state index in [0.717, 1.165) is 18.2 Å². The second-order valence-electron chi connectivity index (χ2n) is 4.88. The van der Waals surface area contributed by atoms with E-state index >= 15 is 0 Å². The lowest BCUT2D eigenvalue weighted by Crippen LogP contribution is -2.08. The molecule has 0 aliphatic carbocycles. The number of ether oxygens (including phenoxy) is 1. The molecule has 0 aliphatic rings. The molecule has 0 saturated carbocycles. The maximum absolute atomic E-state index is 12.7. The molecular weight excluding hydrogens is 367 g/mol. The van der Waals surface area contributed by atoms with Crippen molar-refractivity contribution in [1.29, 1.82) is 0 Å². The zero-order valence-electron chi connectivity index (χ0n) is 12.7. The quantitative estimate of drug-likeness (QED) is 0.405. The number of para-hydroxylation sites is 1. The first-order chi connectivity index (χ1) is 11.7. The van der Waals surface area contributed by atoms with Crippen LogP contribution in [0.3, 0.4) is 0 Å². The molecule has 0 spiro atoms. The van der Waals surface area contributed by atoms with Crippen molar-refractivity contribution in [2.24, 2.45) is 5.10 Å². The number of hydrogen-bond donors (Lipinski definition) is 1. The lowest BCUT2D eigenvalue weighted by molar-refractivity contribution is -0.137. The number of alkyl halides is 5. The van der Waals surface area contributed by atoms with Gasteiger partial charge in [0, 0.05) is 5.56 Å². The molecule has 0 saturated heterocycles. The van der Waals surface area contributed by atoms with E-state index < -0.39 is 18.4 Å². The first-order valence-electron chi connectivity index (χ1n) is 6.89. The zero-order chi connectivity index (χ0) is 18.6. The Hall–Kier alpha value is -2.35. The van der Waals surface area contributed by atoms with Gasteiger partial charge in [-0.15, -0.1) is 0 Å².